The number of urea groups is 1. The monoisotopic (exact) mass is 328 g/mol. The minimum Gasteiger partial charge on any atom is -0.340 e. The quantitative estimate of drug-likeness (QED) is 0.846. The molecule has 0 atom stereocenters. The van der Waals surface area contributed by atoms with Crippen LogP contribution in [0.2, 0.25) is 0 Å². The second kappa shape index (κ2) is 7.06. The molecule has 4 nitrogen and oxygen atoms in total. The van der Waals surface area contributed by atoms with E-state index in [4.69, 9.17) is 0 Å². The van der Waals surface area contributed by atoms with Crippen LogP contribution in [0.5, 0.6) is 0 Å². The first kappa shape index (κ1) is 15.9. The fourth-order valence-corrected chi connectivity index (χ4v) is 3.70. The maximum Gasteiger partial charge on any atom is 0.326 e. The van der Waals surface area contributed by atoms with Crippen molar-refractivity contribution in [3.05, 3.63) is 48.5 Å². The molecule has 0 saturated carbocycles. The number of para-hydroxylation sites is 2. The number of nitrogens with zero attached hydrogens (tertiary/aromatic N) is 1. The second-order valence-electron chi connectivity index (χ2n) is 5.92. The third-order valence-electron chi connectivity index (χ3n) is 3.77. The van der Waals surface area contributed by atoms with Gasteiger partial charge in [0.2, 0.25) is 0 Å². The van der Waals surface area contributed by atoms with Gasteiger partial charge in [0.05, 0.1) is 32.0 Å². The molecule has 0 radical (unpaired) electrons. The van der Waals surface area contributed by atoms with Crippen molar-refractivity contribution in [2.24, 2.45) is 0 Å². The Balaban J connectivity index is 1.82. The van der Waals surface area contributed by atoms with Crippen LogP contribution in [0.3, 0.4) is 0 Å². The largest absolute Gasteiger partial charge is 0.340 e. The topological polar surface area (TPSA) is 36.8 Å². The molecule has 23 heavy (non-hydrogen) atoms. The smallest absolute Gasteiger partial charge is 0.326 e. The summed E-state index contributed by atoms with van der Waals surface area (Å²) in [5.74, 6) is 0. The Bertz CT molecular complexity index is 657. The van der Waals surface area contributed by atoms with Gasteiger partial charge in [0.25, 0.3) is 0 Å². The summed E-state index contributed by atoms with van der Waals surface area (Å²) in [6, 6.07) is 16.0. The van der Waals surface area contributed by atoms with Crippen LogP contribution < -0.4 is 15.1 Å². The lowest BCUT2D eigenvalue weighted by atomic mass is 10.2. The molecular weight excluding hydrogens is 306 g/mol. The first-order valence-electron chi connectivity index (χ1n) is 7.90. The molecule has 1 heterocycles. The van der Waals surface area contributed by atoms with E-state index in [1.165, 1.54) is 4.90 Å². The van der Waals surface area contributed by atoms with Crippen LogP contribution in [-0.4, -0.2) is 33.2 Å². The van der Waals surface area contributed by atoms with Gasteiger partial charge in [-0.15, -0.1) is 0 Å². The summed E-state index contributed by atoms with van der Waals surface area (Å²) in [6.07, 6.45) is 0.972. The normalized spacial score (nSPS) is 12.7. The molecule has 2 aromatic rings. The van der Waals surface area contributed by atoms with E-state index in [0.717, 1.165) is 34.1 Å². The van der Waals surface area contributed by atoms with Crippen molar-refractivity contribution in [2.75, 3.05) is 32.1 Å². The minimum absolute atomic E-state index is 0.0565. The number of quaternary nitrogens is 1. The van der Waals surface area contributed by atoms with Gasteiger partial charge in [-0.1, -0.05) is 36.0 Å². The van der Waals surface area contributed by atoms with E-state index < -0.39 is 0 Å². The van der Waals surface area contributed by atoms with Crippen molar-refractivity contribution in [3.8, 4) is 0 Å². The van der Waals surface area contributed by atoms with Crippen LogP contribution in [-0.2, 0) is 0 Å². The summed E-state index contributed by atoms with van der Waals surface area (Å²) >= 11 is 1.71. The Morgan fingerprint density at radius 3 is 2.17 bits per heavy atom. The van der Waals surface area contributed by atoms with E-state index in [1.807, 2.05) is 36.4 Å². The molecule has 1 aliphatic rings. The molecule has 0 spiro atoms. The van der Waals surface area contributed by atoms with Crippen molar-refractivity contribution >= 4 is 29.2 Å². The Morgan fingerprint density at radius 1 is 1.04 bits per heavy atom. The molecule has 3 rings (SSSR count). The SMILES string of the molecule is C[NH+](C)CCCNC(=O)N1c2ccccc2Sc2ccccc21. The number of hydrogen-bond acceptors (Lipinski definition) is 2. The van der Waals surface area contributed by atoms with Crippen LogP contribution in [0.1, 0.15) is 6.42 Å². The average Bonchev–Trinajstić information content (AvgIpc) is 2.56. The number of hydrogen-bond donors (Lipinski definition) is 2. The van der Waals surface area contributed by atoms with E-state index in [-0.39, 0.29) is 6.03 Å². The minimum atomic E-state index is -0.0565. The lowest BCUT2D eigenvalue weighted by Gasteiger charge is -2.31. The summed E-state index contributed by atoms with van der Waals surface area (Å²) in [5, 5.41) is 3.05. The lowest BCUT2D eigenvalue weighted by molar-refractivity contribution is -0.858. The van der Waals surface area contributed by atoms with Crippen molar-refractivity contribution in [1.29, 1.82) is 0 Å². The molecule has 0 saturated heterocycles. The average molecular weight is 328 g/mol. The number of carbonyl (C=O) groups is 1. The van der Waals surface area contributed by atoms with Gasteiger partial charge in [-0.25, -0.2) is 4.79 Å². The van der Waals surface area contributed by atoms with Gasteiger partial charge < -0.3 is 10.2 Å². The van der Waals surface area contributed by atoms with Gasteiger partial charge >= 0.3 is 6.03 Å². The predicted molar refractivity (Wildman–Crippen MR) is 94.8 cm³/mol. The Labute approximate surface area is 141 Å². The van der Waals surface area contributed by atoms with Crippen LogP contribution in [0.25, 0.3) is 0 Å². The molecule has 2 amide bonds. The third-order valence-corrected chi connectivity index (χ3v) is 4.90. The van der Waals surface area contributed by atoms with Gasteiger partial charge in [0, 0.05) is 22.8 Å². The van der Waals surface area contributed by atoms with Crippen molar-refractivity contribution in [1.82, 2.24) is 5.32 Å². The van der Waals surface area contributed by atoms with Crippen molar-refractivity contribution in [3.63, 3.8) is 0 Å². The first-order valence-corrected chi connectivity index (χ1v) is 8.71. The van der Waals surface area contributed by atoms with Gasteiger partial charge in [0.15, 0.2) is 0 Å². The van der Waals surface area contributed by atoms with E-state index in [2.05, 4.69) is 31.5 Å². The van der Waals surface area contributed by atoms with Crippen LogP contribution in [0.15, 0.2) is 58.3 Å². The molecule has 5 heteroatoms. The molecule has 0 aromatic heterocycles. The Kier molecular flexibility index (Phi) is 4.88. The summed E-state index contributed by atoms with van der Waals surface area (Å²) in [7, 11) is 4.24. The first-order chi connectivity index (χ1) is 11.2. The maximum atomic E-state index is 12.8. The zero-order chi connectivity index (χ0) is 16.2. The highest BCUT2D eigenvalue weighted by Crippen LogP contribution is 2.47. The summed E-state index contributed by atoms with van der Waals surface area (Å²) < 4.78 is 0. The summed E-state index contributed by atoms with van der Waals surface area (Å²) in [5.41, 5.74) is 1.90. The molecule has 120 valence electrons. The van der Waals surface area contributed by atoms with Crippen molar-refractivity contribution in [2.45, 2.75) is 16.2 Å². The molecule has 1 aliphatic heterocycles. The zero-order valence-corrected chi connectivity index (χ0v) is 14.3. The van der Waals surface area contributed by atoms with Crippen molar-refractivity contribution < 1.29 is 9.69 Å². The number of nitrogens with one attached hydrogen (secondary N) is 2. The van der Waals surface area contributed by atoms with E-state index >= 15 is 0 Å². The predicted octanol–water partition coefficient (Wildman–Crippen LogP) is 2.53. The Hall–Kier alpha value is -1.98. The molecular formula is C18H22N3OS+. The second-order valence-corrected chi connectivity index (χ2v) is 7.00. The van der Waals surface area contributed by atoms with Crippen LogP contribution >= 0.6 is 11.8 Å². The summed E-state index contributed by atoms with van der Waals surface area (Å²) in [6.45, 7) is 1.74. The van der Waals surface area contributed by atoms with E-state index in [9.17, 15) is 4.79 Å². The Morgan fingerprint density at radius 2 is 1.61 bits per heavy atom. The molecule has 0 fully saturated rings. The van der Waals surface area contributed by atoms with Gasteiger partial charge in [0.1, 0.15) is 0 Å². The zero-order valence-electron chi connectivity index (χ0n) is 13.5. The highest BCUT2D eigenvalue weighted by Gasteiger charge is 2.27. The molecule has 0 aliphatic carbocycles. The number of rotatable bonds is 4. The van der Waals surface area contributed by atoms with Crippen LogP contribution in [0.4, 0.5) is 16.2 Å². The fraction of sp³-hybridized carbons (Fsp3) is 0.278. The highest BCUT2D eigenvalue weighted by atomic mass is 32.2. The highest BCUT2D eigenvalue weighted by molar-refractivity contribution is 7.99. The summed E-state index contributed by atoms with van der Waals surface area (Å²) in [4.78, 5) is 18.2. The molecule has 0 unspecified atom stereocenters. The van der Waals surface area contributed by atoms with Crippen LogP contribution in [0, 0.1) is 0 Å². The van der Waals surface area contributed by atoms with Gasteiger partial charge in [-0.2, -0.15) is 0 Å². The van der Waals surface area contributed by atoms with E-state index in [1.54, 1.807) is 16.7 Å². The number of anilines is 2. The standard InChI is InChI=1S/C18H21N3OS/c1-20(2)13-7-12-19-18(22)21-14-8-3-5-10-16(14)23-17-11-6-4-9-15(17)21/h3-6,8-11H,7,12-13H2,1-2H3,(H,19,22)/p+1. The molecule has 2 N–H and O–H groups in total. The maximum absolute atomic E-state index is 12.8. The fourth-order valence-electron chi connectivity index (χ4n) is 2.64. The third kappa shape index (κ3) is 3.51. The number of benzene rings is 2. The number of fused-ring (bicyclic) bond motifs is 2. The number of amides is 2. The number of carbonyl (C=O) groups excluding carboxylic acids is 1. The van der Waals surface area contributed by atoms with E-state index in [0.29, 0.717) is 6.54 Å². The molecule has 0 bridgehead atoms. The molecule has 2 aromatic carbocycles. The van der Waals surface area contributed by atoms with Gasteiger partial charge in [-0.3, -0.25) is 4.90 Å². The lowest BCUT2D eigenvalue weighted by Crippen LogP contribution is -3.05. The van der Waals surface area contributed by atoms with Gasteiger partial charge in [-0.05, 0) is 24.3 Å².